The van der Waals surface area contributed by atoms with Gasteiger partial charge in [0, 0.05) is 13.3 Å². The molecule has 0 saturated heterocycles. The topological polar surface area (TPSA) is 76.7 Å². The largest absolute Gasteiger partial charge is 0.462 e. The zero-order valence-corrected chi connectivity index (χ0v) is 19.5. The number of hydrazone groups is 1. The number of carbonyl (C=O) groups is 1. The molecule has 4 rings (SSSR count). The first-order valence-corrected chi connectivity index (χ1v) is 11.7. The number of thiocarbonyl (C=S) groups is 1. The maximum atomic E-state index is 11.4. The maximum absolute atomic E-state index is 11.4. The molecule has 4 aliphatic rings. The summed E-state index contributed by atoms with van der Waals surface area (Å²) in [7, 11) is 0. The predicted molar refractivity (Wildman–Crippen MR) is 124 cm³/mol. The van der Waals surface area contributed by atoms with E-state index >= 15 is 0 Å². The van der Waals surface area contributed by atoms with E-state index < -0.39 is 0 Å². The summed E-state index contributed by atoms with van der Waals surface area (Å²) < 4.78 is 5.56. The van der Waals surface area contributed by atoms with Crippen LogP contribution in [0.4, 0.5) is 0 Å². The molecule has 0 radical (unpaired) electrons. The Morgan fingerprint density at radius 1 is 1.17 bits per heavy atom. The van der Waals surface area contributed by atoms with Crippen LogP contribution in [-0.2, 0) is 9.53 Å². The van der Waals surface area contributed by atoms with Gasteiger partial charge in [-0.05, 0) is 91.8 Å². The van der Waals surface area contributed by atoms with Gasteiger partial charge >= 0.3 is 5.97 Å². The van der Waals surface area contributed by atoms with Crippen molar-refractivity contribution < 1.29 is 9.53 Å². The summed E-state index contributed by atoms with van der Waals surface area (Å²) >= 11 is 4.91. The van der Waals surface area contributed by atoms with Crippen LogP contribution in [0.1, 0.15) is 72.6 Å². The Hall–Kier alpha value is -1.69. The highest BCUT2D eigenvalue weighted by Crippen LogP contribution is 2.65. The lowest BCUT2D eigenvalue weighted by molar-refractivity contribution is -0.148. The van der Waals surface area contributed by atoms with Gasteiger partial charge in [-0.15, -0.1) is 0 Å². The van der Waals surface area contributed by atoms with E-state index in [0.717, 1.165) is 37.8 Å². The van der Waals surface area contributed by atoms with Gasteiger partial charge in [0.1, 0.15) is 6.10 Å². The standard InChI is InChI=1S/C24H35N3O2S/c1-14(26-27-22(25)30)19-7-8-20-18-6-5-16-13-17(29-15(2)28)9-11-23(16,3)21(18)10-12-24(19,20)4/h5,7,17-18,20-21H,6,8-13H2,1-4H3,(H3,25,27,30). The van der Waals surface area contributed by atoms with Gasteiger partial charge in [0.25, 0.3) is 0 Å². The molecule has 2 fully saturated rings. The lowest BCUT2D eigenvalue weighted by Gasteiger charge is -2.57. The fourth-order valence-electron chi connectivity index (χ4n) is 7.29. The number of hydrogen-bond donors (Lipinski definition) is 2. The van der Waals surface area contributed by atoms with Crippen molar-refractivity contribution in [3.63, 3.8) is 0 Å². The van der Waals surface area contributed by atoms with Crippen molar-refractivity contribution in [1.82, 2.24) is 5.43 Å². The number of rotatable bonds is 3. The van der Waals surface area contributed by atoms with Crippen LogP contribution in [-0.4, -0.2) is 22.9 Å². The summed E-state index contributed by atoms with van der Waals surface area (Å²) in [6.45, 7) is 8.50. The normalized spacial score (nSPS) is 40.3. The fraction of sp³-hybridized carbons (Fsp3) is 0.708. The average Bonchev–Trinajstić information content (AvgIpc) is 3.03. The monoisotopic (exact) mass is 429 g/mol. The maximum Gasteiger partial charge on any atom is 0.302 e. The zero-order valence-electron chi connectivity index (χ0n) is 18.7. The summed E-state index contributed by atoms with van der Waals surface area (Å²) in [5.74, 6) is 1.92. The van der Waals surface area contributed by atoms with Gasteiger partial charge in [-0.2, -0.15) is 5.10 Å². The van der Waals surface area contributed by atoms with E-state index in [-0.39, 0.29) is 28.0 Å². The number of nitrogens with one attached hydrogen (secondary N) is 1. The lowest BCUT2D eigenvalue weighted by atomic mass is 9.47. The highest BCUT2D eigenvalue weighted by Gasteiger charge is 2.57. The van der Waals surface area contributed by atoms with Gasteiger partial charge in [0.05, 0.1) is 5.71 Å². The van der Waals surface area contributed by atoms with Gasteiger partial charge in [0.15, 0.2) is 5.11 Å². The Bertz CT molecular complexity index is 847. The molecule has 3 N–H and O–H groups in total. The van der Waals surface area contributed by atoms with Crippen LogP contribution < -0.4 is 11.2 Å². The molecule has 2 saturated carbocycles. The second kappa shape index (κ2) is 7.77. The Morgan fingerprint density at radius 2 is 1.90 bits per heavy atom. The summed E-state index contributed by atoms with van der Waals surface area (Å²) in [6.07, 6.45) is 12.7. The van der Waals surface area contributed by atoms with Crippen molar-refractivity contribution in [2.75, 3.05) is 0 Å². The lowest BCUT2D eigenvalue weighted by Crippen LogP contribution is -2.50. The molecule has 164 valence electrons. The van der Waals surface area contributed by atoms with Gasteiger partial charge in [-0.3, -0.25) is 10.2 Å². The van der Waals surface area contributed by atoms with Crippen molar-refractivity contribution in [3.8, 4) is 0 Å². The first kappa shape index (κ1) is 21.5. The van der Waals surface area contributed by atoms with Crippen LogP contribution in [0.15, 0.2) is 28.4 Å². The van der Waals surface area contributed by atoms with Gasteiger partial charge in [0.2, 0.25) is 0 Å². The van der Waals surface area contributed by atoms with E-state index in [1.165, 1.54) is 30.9 Å². The quantitative estimate of drug-likeness (QED) is 0.225. The molecule has 0 bridgehead atoms. The first-order valence-electron chi connectivity index (χ1n) is 11.3. The average molecular weight is 430 g/mol. The SMILES string of the molecule is CC(=O)OC1CCC2(C)C(=CCC3C2CCC2(C)C(C(C)=NNC(N)=S)=CCC32)C1. The Kier molecular flexibility index (Phi) is 5.58. The minimum atomic E-state index is -0.155. The van der Waals surface area contributed by atoms with E-state index in [0.29, 0.717) is 17.8 Å². The molecule has 0 amide bonds. The van der Waals surface area contributed by atoms with Crippen molar-refractivity contribution in [2.24, 2.45) is 39.4 Å². The first-order chi connectivity index (χ1) is 14.1. The number of carbonyl (C=O) groups excluding carboxylic acids is 1. The minimum Gasteiger partial charge on any atom is -0.462 e. The molecule has 30 heavy (non-hydrogen) atoms. The molecule has 0 heterocycles. The molecule has 4 aliphatic carbocycles. The fourth-order valence-corrected chi connectivity index (χ4v) is 7.34. The van der Waals surface area contributed by atoms with Gasteiger partial charge < -0.3 is 10.5 Å². The van der Waals surface area contributed by atoms with Crippen LogP contribution in [0.25, 0.3) is 0 Å². The second-order valence-corrected chi connectivity index (χ2v) is 10.7. The summed E-state index contributed by atoms with van der Waals surface area (Å²) in [5, 5.41) is 4.64. The molecule has 6 unspecified atom stereocenters. The van der Waals surface area contributed by atoms with E-state index in [2.05, 4.69) is 43.5 Å². The molecule has 0 spiro atoms. The third-order valence-electron chi connectivity index (χ3n) is 8.70. The predicted octanol–water partition coefficient (Wildman–Crippen LogP) is 4.63. The van der Waals surface area contributed by atoms with Crippen molar-refractivity contribution in [1.29, 1.82) is 0 Å². The van der Waals surface area contributed by atoms with Gasteiger partial charge in [-0.1, -0.05) is 31.6 Å². The number of ether oxygens (including phenoxy) is 1. The molecule has 5 nitrogen and oxygen atoms in total. The third-order valence-corrected chi connectivity index (χ3v) is 8.79. The number of nitrogens with zero attached hydrogens (tertiary/aromatic N) is 1. The van der Waals surface area contributed by atoms with Crippen LogP contribution in [0.2, 0.25) is 0 Å². The molecule has 6 atom stereocenters. The Morgan fingerprint density at radius 3 is 2.60 bits per heavy atom. The number of hydrogen-bond acceptors (Lipinski definition) is 4. The molecular formula is C24H35N3O2S. The highest BCUT2D eigenvalue weighted by molar-refractivity contribution is 7.80. The smallest absolute Gasteiger partial charge is 0.302 e. The molecule has 0 aliphatic heterocycles. The van der Waals surface area contributed by atoms with Gasteiger partial charge in [-0.25, -0.2) is 0 Å². The van der Waals surface area contributed by atoms with E-state index in [1.807, 2.05) is 0 Å². The number of allylic oxidation sites excluding steroid dienone is 3. The molecule has 0 aromatic carbocycles. The molecule has 0 aromatic heterocycles. The van der Waals surface area contributed by atoms with Crippen molar-refractivity contribution in [3.05, 3.63) is 23.3 Å². The number of esters is 1. The second-order valence-electron chi connectivity index (χ2n) is 10.2. The summed E-state index contributed by atoms with van der Waals surface area (Å²) in [4.78, 5) is 11.4. The Labute approximate surface area is 185 Å². The van der Waals surface area contributed by atoms with Crippen LogP contribution in [0.3, 0.4) is 0 Å². The Balaban J connectivity index is 1.55. The number of nitrogens with two attached hydrogens (primary N) is 1. The van der Waals surface area contributed by atoms with Crippen molar-refractivity contribution >= 4 is 29.0 Å². The summed E-state index contributed by atoms with van der Waals surface area (Å²) in [6, 6.07) is 0. The molecule has 6 heteroatoms. The third kappa shape index (κ3) is 3.51. The summed E-state index contributed by atoms with van der Waals surface area (Å²) in [5.41, 5.74) is 12.7. The van der Waals surface area contributed by atoms with Crippen molar-refractivity contribution in [2.45, 2.75) is 78.7 Å². The van der Waals surface area contributed by atoms with Crippen LogP contribution in [0, 0.1) is 28.6 Å². The minimum absolute atomic E-state index is 0.0620. The van der Waals surface area contributed by atoms with Crippen LogP contribution in [0.5, 0.6) is 0 Å². The van der Waals surface area contributed by atoms with E-state index in [4.69, 9.17) is 22.7 Å². The van der Waals surface area contributed by atoms with Crippen LogP contribution >= 0.6 is 12.2 Å². The number of fused-ring (bicyclic) bond motifs is 5. The van der Waals surface area contributed by atoms with E-state index in [1.54, 1.807) is 0 Å². The molecular weight excluding hydrogens is 394 g/mol. The van der Waals surface area contributed by atoms with E-state index in [9.17, 15) is 4.79 Å². The highest BCUT2D eigenvalue weighted by atomic mass is 32.1. The zero-order chi connectivity index (χ0) is 21.7. The molecule has 0 aromatic rings.